The summed E-state index contributed by atoms with van der Waals surface area (Å²) in [6.45, 7) is 4.38. The number of fused-ring (bicyclic) bond motifs is 1. The number of hydrogen-bond donors (Lipinski definition) is 1. The van der Waals surface area contributed by atoms with Gasteiger partial charge in [-0.2, -0.15) is 0 Å². The summed E-state index contributed by atoms with van der Waals surface area (Å²) in [5.41, 5.74) is 1.34. The number of nitrogens with zero attached hydrogens (tertiary/aromatic N) is 1. The number of rotatable bonds is 4. The molecule has 2 aromatic heterocycles. The van der Waals surface area contributed by atoms with Crippen LogP contribution in [0.3, 0.4) is 0 Å². The molecule has 1 aliphatic carbocycles. The minimum absolute atomic E-state index is 0.302. The molecule has 0 bridgehead atoms. The zero-order valence-electron chi connectivity index (χ0n) is 11.5. The van der Waals surface area contributed by atoms with Crippen molar-refractivity contribution in [3.05, 3.63) is 39.7 Å². The third-order valence-corrected chi connectivity index (χ3v) is 5.12. The number of aromatic nitrogens is 1. The first-order valence-electron chi connectivity index (χ1n) is 7.05. The standard InChI is InChI=1S/C15H20N2OS/c1-3-11-9-16-15(19-11)10(2)17-13-5-4-6-14-12(13)7-8-18-14/h7-10,13,17H,3-6H2,1-2H3/t10-,13-/m0/s1. The van der Waals surface area contributed by atoms with E-state index in [2.05, 4.69) is 30.2 Å². The van der Waals surface area contributed by atoms with Gasteiger partial charge in [0.25, 0.3) is 0 Å². The first kappa shape index (κ1) is 12.9. The minimum atomic E-state index is 0.302. The van der Waals surface area contributed by atoms with Crippen molar-refractivity contribution in [1.82, 2.24) is 10.3 Å². The van der Waals surface area contributed by atoms with Crippen LogP contribution in [0.15, 0.2) is 22.9 Å². The van der Waals surface area contributed by atoms with Crippen LogP contribution in [0.1, 0.15) is 60.0 Å². The Morgan fingerprint density at radius 3 is 3.26 bits per heavy atom. The van der Waals surface area contributed by atoms with E-state index in [0.717, 1.165) is 18.6 Å². The van der Waals surface area contributed by atoms with Crippen molar-refractivity contribution in [3.8, 4) is 0 Å². The number of thiazole rings is 1. The quantitative estimate of drug-likeness (QED) is 0.916. The highest BCUT2D eigenvalue weighted by Crippen LogP contribution is 2.33. The lowest BCUT2D eigenvalue weighted by Gasteiger charge is -2.25. The zero-order valence-corrected chi connectivity index (χ0v) is 12.3. The van der Waals surface area contributed by atoms with Gasteiger partial charge in [-0.1, -0.05) is 6.92 Å². The van der Waals surface area contributed by atoms with Gasteiger partial charge in [-0.3, -0.25) is 0 Å². The molecular formula is C15H20N2OS. The first-order valence-corrected chi connectivity index (χ1v) is 7.86. The largest absolute Gasteiger partial charge is 0.469 e. The van der Waals surface area contributed by atoms with E-state index >= 15 is 0 Å². The first-order chi connectivity index (χ1) is 9.28. The lowest BCUT2D eigenvalue weighted by molar-refractivity contribution is 0.385. The number of nitrogens with one attached hydrogen (secondary N) is 1. The molecular weight excluding hydrogens is 256 g/mol. The molecule has 102 valence electrons. The second-order valence-electron chi connectivity index (χ2n) is 5.15. The van der Waals surface area contributed by atoms with Gasteiger partial charge in [0.2, 0.25) is 0 Å². The fourth-order valence-corrected chi connectivity index (χ4v) is 3.59. The van der Waals surface area contributed by atoms with E-state index in [-0.39, 0.29) is 0 Å². The predicted octanol–water partition coefficient (Wildman–Crippen LogP) is 4.03. The molecule has 1 N–H and O–H groups in total. The molecule has 0 aromatic carbocycles. The number of furan rings is 1. The van der Waals surface area contributed by atoms with E-state index in [4.69, 9.17) is 4.42 Å². The van der Waals surface area contributed by atoms with Gasteiger partial charge < -0.3 is 9.73 Å². The Bertz CT molecular complexity index is 546. The Morgan fingerprint density at radius 2 is 2.47 bits per heavy atom. The third-order valence-electron chi connectivity index (χ3n) is 3.79. The molecule has 1 aliphatic rings. The van der Waals surface area contributed by atoms with Crippen LogP contribution in [0, 0.1) is 0 Å². The molecule has 4 heteroatoms. The Labute approximate surface area is 118 Å². The van der Waals surface area contributed by atoms with E-state index in [0.29, 0.717) is 12.1 Å². The van der Waals surface area contributed by atoms with Gasteiger partial charge in [0.05, 0.1) is 12.3 Å². The molecule has 0 saturated heterocycles. The van der Waals surface area contributed by atoms with E-state index in [1.807, 2.05) is 23.8 Å². The molecule has 2 aromatic rings. The molecule has 19 heavy (non-hydrogen) atoms. The maximum atomic E-state index is 5.54. The van der Waals surface area contributed by atoms with Crippen LogP contribution in [0.25, 0.3) is 0 Å². The fraction of sp³-hybridized carbons (Fsp3) is 0.533. The Hall–Kier alpha value is -1.13. The molecule has 2 heterocycles. The van der Waals surface area contributed by atoms with Crippen molar-refractivity contribution in [1.29, 1.82) is 0 Å². The summed E-state index contributed by atoms with van der Waals surface area (Å²) in [7, 11) is 0. The van der Waals surface area contributed by atoms with Gasteiger partial charge in [-0.05, 0) is 32.3 Å². The van der Waals surface area contributed by atoms with Crippen LogP contribution in [-0.2, 0) is 12.8 Å². The summed E-state index contributed by atoms with van der Waals surface area (Å²) in [4.78, 5) is 5.89. The summed E-state index contributed by atoms with van der Waals surface area (Å²) in [6.07, 6.45) is 8.34. The smallest absolute Gasteiger partial charge is 0.109 e. The SMILES string of the molecule is CCc1cnc([C@H](C)N[C@H]2CCCc3occc32)s1. The second-order valence-corrected chi connectivity index (χ2v) is 6.30. The van der Waals surface area contributed by atoms with Crippen molar-refractivity contribution >= 4 is 11.3 Å². The Morgan fingerprint density at radius 1 is 1.58 bits per heavy atom. The van der Waals surface area contributed by atoms with Crippen molar-refractivity contribution < 1.29 is 4.42 Å². The summed E-state index contributed by atoms with van der Waals surface area (Å²) in [5, 5.41) is 4.89. The van der Waals surface area contributed by atoms with Gasteiger partial charge in [0.1, 0.15) is 10.8 Å². The van der Waals surface area contributed by atoms with Gasteiger partial charge in [0.15, 0.2) is 0 Å². The Balaban J connectivity index is 1.72. The summed E-state index contributed by atoms with van der Waals surface area (Å²) >= 11 is 1.82. The van der Waals surface area contributed by atoms with Gasteiger partial charge >= 0.3 is 0 Å². The molecule has 3 nitrogen and oxygen atoms in total. The molecule has 0 radical (unpaired) electrons. The molecule has 0 unspecified atom stereocenters. The number of aryl methyl sites for hydroxylation is 2. The Kier molecular flexibility index (Phi) is 3.71. The average molecular weight is 276 g/mol. The lowest BCUT2D eigenvalue weighted by atomic mass is 9.93. The highest BCUT2D eigenvalue weighted by molar-refractivity contribution is 7.11. The topological polar surface area (TPSA) is 38.1 Å². The molecule has 0 aliphatic heterocycles. The maximum Gasteiger partial charge on any atom is 0.109 e. The van der Waals surface area contributed by atoms with Crippen LogP contribution in [0.2, 0.25) is 0 Å². The van der Waals surface area contributed by atoms with E-state index in [1.54, 1.807) is 0 Å². The van der Waals surface area contributed by atoms with Crippen LogP contribution in [0.5, 0.6) is 0 Å². The third kappa shape index (κ3) is 2.60. The molecule has 0 saturated carbocycles. The van der Waals surface area contributed by atoms with Crippen LogP contribution < -0.4 is 5.32 Å². The van der Waals surface area contributed by atoms with Crippen molar-refractivity contribution in [2.24, 2.45) is 0 Å². The van der Waals surface area contributed by atoms with Gasteiger partial charge in [-0.15, -0.1) is 11.3 Å². The van der Waals surface area contributed by atoms with Crippen molar-refractivity contribution in [2.45, 2.75) is 51.6 Å². The van der Waals surface area contributed by atoms with Crippen LogP contribution >= 0.6 is 11.3 Å². The van der Waals surface area contributed by atoms with Crippen molar-refractivity contribution in [3.63, 3.8) is 0 Å². The fourth-order valence-electron chi connectivity index (χ4n) is 2.72. The average Bonchev–Trinajstić information content (AvgIpc) is 3.08. The summed E-state index contributed by atoms with van der Waals surface area (Å²) in [5.74, 6) is 1.16. The summed E-state index contributed by atoms with van der Waals surface area (Å²) < 4.78 is 5.54. The van der Waals surface area contributed by atoms with Crippen LogP contribution in [0.4, 0.5) is 0 Å². The molecule has 0 amide bonds. The molecule has 0 spiro atoms. The second kappa shape index (κ2) is 5.47. The normalized spacial score (nSPS) is 20.2. The number of hydrogen-bond acceptors (Lipinski definition) is 4. The predicted molar refractivity (Wildman–Crippen MR) is 77.4 cm³/mol. The highest BCUT2D eigenvalue weighted by Gasteiger charge is 2.24. The summed E-state index contributed by atoms with van der Waals surface area (Å²) in [6, 6.07) is 2.82. The van der Waals surface area contributed by atoms with Crippen molar-refractivity contribution in [2.75, 3.05) is 0 Å². The van der Waals surface area contributed by atoms with Gasteiger partial charge in [0, 0.05) is 29.1 Å². The van der Waals surface area contributed by atoms with E-state index in [9.17, 15) is 0 Å². The monoisotopic (exact) mass is 276 g/mol. The van der Waals surface area contributed by atoms with E-state index < -0.39 is 0 Å². The molecule has 0 fully saturated rings. The maximum absolute atomic E-state index is 5.54. The van der Waals surface area contributed by atoms with Gasteiger partial charge in [-0.25, -0.2) is 4.98 Å². The van der Waals surface area contributed by atoms with E-state index in [1.165, 1.54) is 28.3 Å². The highest BCUT2D eigenvalue weighted by atomic mass is 32.1. The lowest BCUT2D eigenvalue weighted by Crippen LogP contribution is -2.27. The minimum Gasteiger partial charge on any atom is -0.469 e. The molecule has 2 atom stereocenters. The van der Waals surface area contributed by atoms with Crippen LogP contribution in [-0.4, -0.2) is 4.98 Å². The zero-order chi connectivity index (χ0) is 13.2. The molecule has 3 rings (SSSR count).